The summed E-state index contributed by atoms with van der Waals surface area (Å²) in [6.07, 6.45) is 1.91. The lowest BCUT2D eigenvalue weighted by Crippen LogP contribution is -2.24. The van der Waals surface area contributed by atoms with E-state index in [1.54, 1.807) is 25.3 Å². The molecule has 3 rings (SSSR count). The van der Waals surface area contributed by atoms with Crippen LogP contribution in [0.1, 0.15) is 38.1 Å². The summed E-state index contributed by atoms with van der Waals surface area (Å²) in [6.45, 7) is 5.81. The van der Waals surface area contributed by atoms with Crippen LogP contribution in [0.3, 0.4) is 0 Å². The minimum Gasteiger partial charge on any atom is -0.483 e. The first-order valence-electron chi connectivity index (χ1n) is 7.07. The summed E-state index contributed by atoms with van der Waals surface area (Å²) in [6, 6.07) is 9.48. The van der Waals surface area contributed by atoms with Crippen molar-refractivity contribution in [3.63, 3.8) is 0 Å². The number of para-hydroxylation sites is 1. The average molecular weight is 285 g/mol. The maximum absolute atomic E-state index is 9.47. The molecule has 2 heterocycles. The number of aromatic nitrogens is 1. The zero-order valence-electron chi connectivity index (χ0n) is 12.5. The molecular weight excluding hydrogens is 266 g/mol. The number of ether oxygens (including phenoxy) is 2. The second-order valence-corrected chi connectivity index (χ2v) is 5.98. The molecule has 1 N–H and O–H groups in total. The molecule has 1 aliphatic heterocycles. The summed E-state index contributed by atoms with van der Waals surface area (Å²) in [5.74, 6) is 2.13. The van der Waals surface area contributed by atoms with Crippen LogP contribution in [0.15, 0.2) is 36.5 Å². The van der Waals surface area contributed by atoms with Gasteiger partial charge in [0.25, 0.3) is 0 Å². The molecule has 110 valence electrons. The molecule has 0 fully saturated rings. The molecule has 0 unspecified atom stereocenters. The minimum absolute atomic E-state index is 0.198. The Morgan fingerprint density at radius 1 is 1.29 bits per heavy atom. The van der Waals surface area contributed by atoms with E-state index < -0.39 is 6.10 Å². The number of benzene rings is 1. The quantitative estimate of drug-likeness (QED) is 0.935. The van der Waals surface area contributed by atoms with Gasteiger partial charge in [-0.05, 0) is 39.0 Å². The number of fused-ring (bicyclic) bond motifs is 1. The molecule has 21 heavy (non-hydrogen) atoms. The molecule has 4 nitrogen and oxygen atoms in total. The highest BCUT2D eigenvalue weighted by Crippen LogP contribution is 2.43. The van der Waals surface area contributed by atoms with Crippen LogP contribution < -0.4 is 9.47 Å². The topological polar surface area (TPSA) is 51.6 Å². The Bertz CT molecular complexity index is 648. The summed E-state index contributed by atoms with van der Waals surface area (Å²) >= 11 is 0. The molecule has 1 aliphatic rings. The molecule has 2 aromatic rings. The fourth-order valence-corrected chi connectivity index (χ4v) is 2.49. The Morgan fingerprint density at radius 2 is 2.10 bits per heavy atom. The third-order valence-electron chi connectivity index (χ3n) is 3.47. The van der Waals surface area contributed by atoms with Crippen molar-refractivity contribution in [3.8, 4) is 17.2 Å². The lowest BCUT2D eigenvalue weighted by Gasteiger charge is -2.18. The Hall–Kier alpha value is -2.07. The van der Waals surface area contributed by atoms with Crippen LogP contribution in [-0.4, -0.2) is 15.7 Å². The van der Waals surface area contributed by atoms with Gasteiger partial charge in [0.05, 0.1) is 18.0 Å². The second-order valence-electron chi connectivity index (χ2n) is 5.98. The van der Waals surface area contributed by atoms with Crippen LogP contribution in [-0.2, 0) is 6.42 Å². The number of aliphatic hydroxyl groups is 1. The van der Waals surface area contributed by atoms with Crippen molar-refractivity contribution in [1.29, 1.82) is 0 Å². The Balaban J connectivity index is 1.85. The van der Waals surface area contributed by atoms with Gasteiger partial charge in [-0.2, -0.15) is 0 Å². The predicted octanol–water partition coefficient (Wildman–Crippen LogP) is 3.64. The number of rotatable bonds is 3. The first kappa shape index (κ1) is 13.9. The van der Waals surface area contributed by atoms with Gasteiger partial charge in [0, 0.05) is 12.0 Å². The van der Waals surface area contributed by atoms with Gasteiger partial charge < -0.3 is 14.6 Å². The molecule has 0 spiro atoms. The summed E-state index contributed by atoms with van der Waals surface area (Å²) in [7, 11) is 0. The first-order chi connectivity index (χ1) is 9.94. The molecule has 0 amide bonds. The van der Waals surface area contributed by atoms with Crippen molar-refractivity contribution >= 4 is 0 Å². The highest BCUT2D eigenvalue weighted by atomic mass is 16.5. The molecule has 0 saturated carbocycles. The summed E-state index contributed by atoms with van der Waals surface area (Å²) < 4.78 is 11.9. The smallest absolute Gasteiger partial charge is 0.169 e. The monoisotopic (exact) mass is 285 g/mol. The molecule has 0 aliphatic carbocycles. The second kappa shape index (κ2) is 5.04. The Labute approximate surface area is 124 Å². The molecule has 0 bridgehead atoms. The normalized spacial score (nSPS) is 17.0. The van der Waals surface area contributed by atoms with E-state index in [1.807, 2.05) is 12.1 Å². The van der Waals surface area contributed by atoms with Crippen LogP contribution in [0, 0.1) is 0 Å². The van der Waals surface area contributed by atoms with Gasteiger partial charge in [0.1, 0.15) is 11.4 Å². The molecule has 4 heteroatoms. The van der Waals surface area contributed by atoms with Crippen LogP contribution in [0.4, 0.5) is 0 Å². The van der Waals surface area contributed by atoms with Crippen molar-refractivity contribution in [1.82, 2.24) is 4.98 Å². The van der Waals surface area contributed by atoms with Crippen LogP contribution in [0.25, 0.3) is 0 Å². The van der Waals surface area contributed by atoms with E-state index in [4.69, 9.17) is 9.47 Å². The number of pyridine rings is 1. The van der Waals surface area contributed by atoms with Gasteiger partial charge >= 0.3 is 0 Å². The van der Waals surface area contributed by atoms with E-state index in [2.05, 4.69) is 24.9 Å². The van der Waals surface area contributed by atoms with Crippen LogP contribution >= 0.6 is 0 Å². The van der Waals surface area contributed by atoms with Crippen molar-refractivity contribution in [2.24, 2.45) is 0 Å². The number of hydrogen-bond donors (Lipinski definition) is 1. The van der Waals surface area contributed by atoms with Crippen molar-refractivity contribution < 1.29 is 14.6 Å². The van der Waals surface area contributed by atoms with E-state index in [9.17, 15) is 5.11 Å². The van der Waals surface area contributed by atoms with E-state index in [0.29, 0.717) is 17.2 Å². The van der Waals surface area contributed by atoms with Crippen molar-refractivity contribution in [3.05, 3.63) is 47.8 Å². The van der Waals surface area contributed by atoms with E-state index >= 15 is 0 Å². The van der Waals surface area contributed by atoms with Crippen molar-refractivity contribution in [2.75, 3.05) is 0 Å². The first-order valence-corrected chi connectivity index (χ1v) is 7.07. The zero-order chi connectivity index (χ0) is 15.0. The van der Waals surface area contributed by atoms with E-state index in [-0.39, 0.29) is 5.60 Å². The number of aliphatic hydroxyl groups excluding tert-OH is 1. The third-order valence-corrected chi connectivity index (χ3v) is 3.47. The molecule has 1 atom stereocenters. The number of nitrogens with zero attached hydrogens (tertiary/aromatic N) is 1. The SMILES string of the molecule is C[C@H](O)c1ccc(Oc2cccc3c2OC(C)(C)C3)cn1. The van der Waals surface area contributed by atoms with Crippen LogP contribution in [0.5, 0.6) is 17.2 Å². The fourth-order valence-electron chi connectivity index (χ4n) is 2.49. The Morgan fingerprint density at radius 3 is 2.76 bits per heavy atom. The molecular formula is C17H19NO3. The maximum Gasteiger partial charge on any atom is 0.169 e. The minimum atomic E-state index is -0.579. The van der Waals surface area contributed by atoms with Gasteiger partial charge in [0.2, 0.25) is 0 Å². The summed E-state index contributed by atoms with van der Waals surface area (Å²) in [4.78, 5) is 4.18. The largest absolute Gasteiger partial charge is 0.483 e. The molecule has 1 aromatic heterocycles. The maximum atomic E-state index is 9.47. The van der Waals surface area contributed by atoms with Gasteiger partial charge in [-0.15, -0.1) is 0 Å². The summed E-state index contributed by atoms with van der Waals surface area (Å²) in [5, 5.41) is 9.47. The lowest BCUT2D eigenvalue weighted by atomic mass is 10.0. The molecule has 1 aromatic carbocycles. The van der Waals surface area contributed by atoms with E-state index in [1.165, 1.54) is 0 Å². The van der Waals surface area contributed by atoms with Gasteiger partial charge in [-0.1, -0.05) is 12.1 Å². The third kappa shape index (κ3) is 2.85. The predicted molar refractivity (Wildman–Crippen MR) is 79.8 cm³/mol. The highest BCUT2D eigenvalue weighted by molar-refractivity contribution is 5.51. The average Bonchev–Trinajstić information content (AvgIpc) is 2.74. The van der Waals surface area contributed by atoms with Crippen molar-refractivity contribution in [2.45, 2.75) is 38.9 Å². The van der Waals surface area contributed by atoms with Gasteiger partial charge in [-0.3, -0.25) is 4.98 Å². The zero-order valence-corrected chi connectivity index (χ0v) is 12.5. The summed E-state index contributed by atoms with van der Waals surface area (Å²) in [5.41, 5.74) is 1.58. The van der Waals surface area contributed by atoms with Gasteiger partial charge in [0.15, 0.2) is 11.5 Å². The molecule has 0 radical (unpaired) electrons. The van der Waals surface area contributed by atoms with E-state index in [0.717, 1.165) is 17.7 Å². The lowest BCUT2D eigenvalue weighted by molar-refractivity contribution is 0.135. The standard InChI is InChI=1S/C17H19NO3/c1-11(19)14-8-7-13(10-18-14)20-15-6-4-5-12-9-17(2,3)21-16(12)15/h4-8,10-11,19H,9H2,1-3H3/t11-/m0/s1. The Kier molecular flexibility index (Phi) is 3.33. The molecule has 0 saturated heterocycles. The number of hydrogen-bond acceptors (Lipinski definition) is 4. The highest BCUT2D eigenvalue weighted by Gasteiger charge is 2.32. The fraction of sp³-hybridized carbons (Fsp3) is 0.353. The van der Waals surface area contributed by atoms with Gasteiger partial charge in [-0.25, -0.2) is 0 Å². The van der Waals surface area contributed by atoms with Crippen LogP contribution in [0.2, 0.25) is 0 Å².